The maximum atomic E-state index is 3.74. The van der Waals surface area contributed by atoms with Crippen LogP contribution in [0.2, 0.25) is 19.6 Å². The van der Waals surface area contributed by atoms with Crippen molar-refractivity contribution >= 4 is 30.4 Å². The molecule has 2 N–H and O–H groups in total. The summed E-state index contributed by atoms with van der Waals surface area (Å²) < 4.78 is 0. The van der Waals surface area contributed by atoms with Crippen LogP contribution in [0.4, 0.5) is 0 Å². The van der Waals surface area contributed by atoms with E-state index in [1.54, 1.807) is 11.6 Å². The Balaban J connectivity index is 1.43. The van der Waals surface area contributed by atoms with Crippen LogP contribution in [0, 0.1) is 23.7 Å². The summed E-state index contributed by atoms with van der Waals surface area (Å²) in [7, 11) is 1.89. The van der Waals surface area contributed by atoms with Crippen LogP contribution < -0.4 is 15.8 Å². The molecule has 2 nitrogen and oxygen atoms in total. The summed E-state index contributed by atoms with van der Waals surface area (Å²) in [6.07, 6.45) is 13.1. The number of hydrogen-bond acceptors (Lipinski definition) is 2. The fourth-order valence-electron chi connectivity index (χ4n) is 9.26. The average Bonchev–Trinajstić information content (AvgIpc) is 3.51. The monoisotopic (exact) mass is 514 g/mol. The molecule has 6 fully saturated rings. The van der Waals surface area contributed by atoms with Gasteiger partial charge >= 0.3 is 0 Å². The molecule has 6 aliphatic rings. The normalized spacial score (nSPS) is 40.2. The van der Waals surface area contributed by atoms with Crippen LogP contribution in [-0.2, 0) is 11.6 Å². The maximum absolute atomic E-state index is 3.74. The second kappa shape index (κ2) is 9.51. The predicted molar refractivity (Wildman–Crippen MR) is 156 cm³/mol. The van der Waals surface area contributed by atoms with Gasteiger partial charge in [0.1, 0.15) is 0 Å². The summed E-state index contributed by atoms with van der Waals surface area (Å²) >= 11 is 0. The quantitative estimate of drug-likeness (QED) is 0.371. The molecule has 6 atom stereocenters. The van der Waals surface area contributed by atoms with E-state index < -0.39 is 8.07 Å². The van der Waals surface area contributed by atoms with Crippen LogP contribution >= 0.6 is 17.2 Å². The third-order valence-electron chi connectivity index (χ3n) is 10.6. The molecule has 2 heterocycles. The number of nitrogens with one attached hydrogen (secondary N) is 2. The molecule has 4 aliphatic carbocycles. The van der Waals surface area contributed by atoms with Crippen molar-refractivity contribution in [2.75, 3.05) is 32.3 Å². The van der Waals surface area contributed by atoms with Crippen LogP contribution in [0.1, 0.15) is 56.1 Å². The topological polar surface area (TPSA) is 24.1 Å². The minimum absolute atomic E-state index is 0.0217. The van der Waals surface area contributed by atoms with Crippen molar-refractivity contribution in [3.05, 3.63) is 29.3 Å². The van der Waals surface area contributed by atoms with Crippen molar-refractivity contribution in [2.45, 2.75) is 87.5 Å². The van der Waals surface area contributed by atoms with Crippen molar-refractivity contribution in [1.29, 1.82) is 0 Å². The Morgan fingerprint density at radius 1 is 0.971 bits per heavy atom. The van der Waals surface area contributed by atoms with Gasteiger partial charge in [-0.05, 0) is 122 Å². The lowest BCUT2D eigenvalue weighted by Gasteiger charge is -2.62. The first-order valence-electron chi connectivity index (χ1n) is 14.4. The molecule has 5 heteroatoms. The van der Waals surface area contributed by atoms with E-state index in [0.717, 1.165) is 35.0 Å². The van der Waals surface area contributed by atoms with Gasteiger partial charge in [0, 0.05) is 13.1 Å². The molecular weight excluding hydrogens is 466 g/mol. The first-order valence-corrected chi connectivity index (χ1v) is 20.4. The van der Waals surface area contributed by atoms with Gasteiger partial charge in [-0.2, -0.15) is 0 Å². The Morgan fingerprint density at radius 3 is 2.15 bits per heavy atom. The predicted octanol–water partition coefficient (Wildman–Crippen LogP) is 5.51. The molecule has 2 aliphatic heterocycles. The fourth-order valence-corrected chi connectivity index (χ4v) is 14.7. The Bertz CT molecular complexity index is 857. The highest BCUT2D eigenvalue weighted by atomic mass is 31.1. The molecule has 0 radical (unpaired) electrons. The van der Waals surface area contributed by atoms with Gasteiger partial charge in [-0.1, -0.05) is 50.9 Å². The Kier molecular flexibility index (Phi) is 6.86. The fraction of sp³-hybridized carbons (Fsp3) is 0.793. The van der Waals surface area contributed by atoms with Crippen molar-refractivity contribution in [3.8, 4) is 0 Å². The SMILES string of the molecule is C[Si](C)(C)c1ccc(C23CC4CC(CC(C4)C2CP)C3)c(CP(C2CCNC2)C2CCNC2)c1. The summed E-state index contributed by atoms with van der Waals surface area (Å²) in [5, 5.41) is 9.17. The highest BCUT2D eigenvalue weighted by Gasteiger charge is 2.57. The van der Waals surface area contributed by atoms with E-state index in [1.807, 2.05) is 11.1 Å². The summed E-state index contributed by atoms with van der Waals surface area (Å²) in [5.74, 6) is 3.91. The molecule has 0 spiro atoms. The lowest BCUT2D eigenvalue weighted by atomic mass is 9.43. The second-order valence-corrected chi connectivity index (χ2v) is 22.0. The van der Waals surface area contributed by atoms with Gasteiger partial charge < -0.3 is 10.6 Å². The molecule has 0 aromatic heterocycles. The average molecular weight is 515 g/mol. The molecule has 4 bridgehead atoms. The zero-order chi connectivity index (χ0) is 23.5. The largest absolute Gasteiger partial charge is 0.316 e. The van der Waals surface area contributed by atoms with E-state index in [4.69, 9.17) is 0 Å². The molecule has 188 valence electrons. The lowest BCUT2D eigenvalue weighted by molar-refractivity contribution is -0.0520. The van der Waals surface area contributed by atoms with Crippen LogP contribution in [0.3, 0.4) is 0 Å². The summed E-state index contributed by atoms with van der Waals surface area (Å²) in [6.45, 7) is 12.7. The third kappa shape index (κ3) is 4.32. The standard InChI is InChI=1S/C29H48N2P2Si/c1-34(2,3)26-4-5-27(29-14-20-10-21(15-29)12-22(11-20)28(29)18-32)23(13-26)19-33(24-6-8-30-16-24)25-7-9-31-17-25/h4-5,13,20-22,24-25,28,30-31H,6-12,14-19,32H2,1-3H3. The molecular formula is C29H48N2P2Si. The molecule has 0 amide bonds. The molecule has 1 aromatic rings. The van der Waals surface area contributed by atoms with Gasteiger partial charge in [0.2, 0.25) is 0 Å². The van der Waals surface area contributed by atoms with E-state index in [1.165, 1.54) is 77.0 Å². The molecule has 34 heavy (non-hydrogen) atoms. The Morgan fingerprint density at radius 2 is 1.62 bits per heavy atom. The lowest BCUT2D eigenvalue weighted by Crippen LogP contribution is -2.56. The number of hydrogen-bond donors (Lipinski definition) is 2. The smallest absolute Gasteiger partial charge is 0.0776 e. The number of benzene rings is 1. The highest BCUT2D eigenvalue weighted by Crippen LogP contribution is 2.65. The molecule has 7 rings (SSSR count). The van der Waals surface area contributed by atoms with Crippen LogP contribution in [0.15, 0.2) is 18.2 Å². The summed E-state index contributed by atoms with van der Waals surface area (Å²) in [6, 6.07) is 8.08. The van der Waals surface area contributed by atoms with Crippen LogP contribution in [-0.4, -0.2) is 51.7 Å². The summed E-state index contributed by atoms with van der Waals surface area (Å²) in [4.78, 5) is 0. The molecule has 4 saturated carbocycles. The van der Waals surface area contributed by atoms with E-state index in [2.05, 4.69) is 57.7 Å². The van der Waals surface area contributed by atoms with Gasteiger partial charge in [-0.25, -0.2) is 0 Å². The molecule has 6 unspecified atom stereocenters. The Hall–Kier alpha value is 0.217. The van der Waals surface area contributed by atoms with Crippen molar-refractivity contribution in [1.82, 2.24) is 10.6 Å². The van der Waals surface area contributed by atoms with Gasteiger partial charge in [-0.3, -0.25) is 0 Å². The first-order chi connectivity index (χ1) is 16.4. The maximum Gasteiger partial charge on any atom is 0.0776 e. The summed E-state index contributed by atoms with van der Waals surface area (Å²) in [5.41, 5.74) is 5.99. The van der Waals surface area contributed by atoms with Crippen molar-refractivity contribution in [3.63, 3.8) is 0 Å². The van der Waals surface area contributed by atoms with E-state index in [9.17, 15) is 0 Å². The highest BCUT2D eigenvalue weighted by molar-refractivity contribution is 7.58. The zero-order valence-electron chi connectivity index (χ0n) is 21.9. The van der Waals surface area contributed by atoms with Crippen molar-refractivity contribution in [2.24, 2.45) is 23.7 Å². The Labute approximate surface area is 213 Å². The first kappa shape index (κ1) is 24.5. The van der Waals surface area contributed by atoms with E-state index >= 15 is 0 Å². The van der Waals surface area contributed by atoms with Gasteiger partial charge in [-0.15, -0.1) is 9.24 Å². The van der Waals surface area contributed by atoms with Gasteiger partial charge in [0.05, 0.1) is 8.07 Å². The zero-order valence-corrected chi connectivity index (χ0v) is 25.0. The third-order valence-corrected chi connectivity index (χ3v) is 16.7. The van der Waals surface area contributed by atoms with E-state index in [-0.39, 0.29) is 7.92 Å². The number of rotatable bonds is 7. The second-order valence-electron chi connectivity index (χ2n) is 13.7. The molecule has 1 aromatic carbocycles. The van der Waals surface area contributed by atoms with Crippen LogP contribution in [0.25, 0.3) is 0 Å². The molecule has 2 saturated heterocycles. The van der Waals surface area contributed by atoms with E-state index in [0.29, 0.717) is 5.41 Å². The minimum atomic E-state index is -1.34. The van der Waals surface area contributed by atoms with Gasteiger partial charge in [0.25, 0.3) is 0 Å². The van der Waals surface area contributed by atoms with Crippen molar-refractivity contribution < 1.29 is 0 Å². The van der Waals surface area contributed by atoms with Gasteiger partial charge in [0.15, 0.2) is 0 Å². The minimum Gasteiger partial charge on any atom is -0.316 e. The van der Waals surface area contributed by atoms with Crippen LogP contribution in [0.5, 0.6) is 0 Å².